The minimum atomic E-state index is -0.557. The molecule has 5 heteroatoms. The summed E-state index contributed by atoms with van der Waals surface area (Å²) in [6, 6.07) is 2.81. The Morgan fingerprint density at radius 3 is 2.47 bits per heavy atom. The molecule has 0 N–H and O–H groups in total. The number of nitrogens with zero attached hydrogens (tertiary/aromatic N) is 1. The molecule has 0 saturated carbocycles. The van der Waals surface area contributed by atoms with Gasteiger partial charge in [-0.05, 0) is 25.5 Å². The van der Waals surface area contributed by atoms with Gasteiger partial charge >= 0.3 is 5.69 Å². The highest BCUT2D eigenvalue weighted by molar-refractivity contribution is 5.95. The molecule has 0 fully saturated rings. The number of benzene rings is 1. The van der Waals surface area contributed by atoms with Gasteiger partial charge in [-0.15, -0.1) is 0 Å². The van der Waals surface area contributed by atoms with Crippen LogP contribution in [0.25, 0.3) is 0 Å². The molecule has 0 aliphatic heterocycles. The summed E-state index contributed by atoms with van der Waals surface area (Å²) in [6.45, 7) is 3.03. The van der Waals surface area contributed by atoms with Gasteiger partial charge in [-0.3, -0.25) is 14.9 Å². The number of aryl methyl sites for hydroxylation is 1. The number of rotatable bonds is 3. The summed E-state index contributed by atoms with van der Waals surface area (Å²) in [7, 11) is 1.36. The molecular weight excluding hydrogens is 198 g/mol. The van der Waals surface area contributed by atoms with E-state index >= 15 is 0 Å². The van der Waals surface area contributed by atoms with E-state index in [1.54, 1.807) is 13.0 Å². The Morgan fingerprint density at radius 2 is 2.07 bits per heavy atom. The van der Waals surface area contributed by atoms with Gasteiger partial charge in [-0.25, -0.2) is 0 Å². The zero-order valence-corrected chi connectivity index (χ0v) is 8.73. The molecule has 0 aliphatic carbocycles. The lowest BCUT2D eigenvalue weighted by atomic mass is 10.1. The van der Waals surface area contributed by atoms with Gasteiger partial charge in [0.2, 0.25) is 0 Å². The lowest BCUT2D eigenvalue weighted by molar-refractivity contribution is -0.385. The second-order valence-corrected chi connectivity index (χ2v) is 3.16. The monoisotopic (exact) mass is 209 g/mol. The lowest BCUT2D eigenvalue weighted by Crippen LogP contribution is -2.00. The number of carbonyl (C=O) groups is 1. The van der Waals surface area contributed by atoms with Crippen molar-refractivity contribution < 1.29 is 14.5 Å². The van der Waals surface area contributed by atoms with Crippen molar-refractivity contribution in [2.75, 3.05) is 7.11 Å². The molecule has 0 aliphatic rings. The predicted octanol–water partition coefficient (Wildman–Crippen LogP) is 2.11. The highest BCUT2D eigenvalue weighted by Crippen LogP contribution is 2.31. The van der Waals surface area contributed by atoms with E-state index < -0.39 is 4.92 Å². The summed E-state index contributed by atoms with van der Waals surface area (Å²) in [5.41, 5.74) is 0.722. The Bertz CT molecular complexity index is 426. The molecule has 0 spiro atoms. The highest BCUT2D eigenvalue weighted by atomic mass is 16.6. The first kappa shape index (κ1) is 11.2. The van der Waals surface area contributed by atoms with Crippen LogP contribution in [0.5, 0.6) is 5.75 Å². The van der Waals surface area contributed by atoms with Crippen molar-refractivity contribution in [2.24, 2.45) is 0 Å². The van der Waals surface area contributed by atoms with Gasteiger partial charge in [0.15, 0.2) is 11.5 Å². The first-order chi connectivity index (χ1) is 6.97. The van der Waals surface area contributed by atoms with E-state index in [4.69, 9.17) is 4.74 Å². The van der Waals surface area contributed by atoms with Crippen molar-refractivity contribution in [3.05, 3.63) is 33.4 Å². The Balaban J connectivity index is 3.45. The summed E-state index contributed by atoms with van der Waals surface area (Å²) in [6.07, 6.45) is 0. The van der Waals surface area contributed by atoms with Crippen molar-refractivity contribution in [3.8, 4) is 5.75 Å². The van der Waals surface area contributed by atoms with Gasteiger partial charge in [0, 0.05) is 11.6 Å². The third-order valence-electron chi connectivity index (χ3n) is 2.06. The highest BCUT2D eigenvalue weighted by Gasteiger charge is 2.19. The van der Waals surface area contributed by atoms with Crippen molar-refractivity contribution >= 4 is 11.5 Å². The molecule has 15 heavy (non-hydrogen) atoms. The normalized spacial score (nSPS) is 9.80. The number of ether oxygens (including phenoxy) is 1. The Labute approximate surface area is 86.8 Å². The van der Waals surface area contributed by atoms with Crippen LogP contribution in [0.1, 0.15) is 22.8 Å². The van der Waals surface area contributed by atoms with Gasteiger partial charge in [-0.1, -0.05) is 0 Å². The van der Waals surface area contributed by atoms with Crippen LogP contribution in [-0.2, 0) is 0 Å². The van der Waals surface area contributed by atoms with E-state index in [9.17, 15) is 14.9 Å². The second kappa shape index (κ2) is 4.08. The lowest BCUT2D eigenvalue weighted by Gasteiger charge is -2.06. The third-order valence-corrected chi connectivity index (χ3v) is 2.06. The van der Waals surface area contributed by atoms with Crippen LogP contribution in [0.2, 0.25) is 0 Å². The van der Waals surface area contributed by atoms with E-state index in [-0.39, 0.29) is 17.2 Å². The van der Waals surface area contributed by atoms with E-state index in [1.807, 2.05) is 0 Å². The number of carbonyl (C=O) groups excluding carboxylic acids is 1. The molecule has 0 bridgehead atoms. The van der Waals surface area contributed by atoms with Crippen molar-refractivity contribution in [3.63, 3.8) is 0 Å². The molecule has 0 unspecified atom stereocenters. The third kappa shape index (κ3) is 2.12. The smallest absolute Gasteiger partial charge is 0.311 e. The maximum Gasteiger partial charge on any atom is 0.311 e. The zero-order valence-electron chi connectivity index (χ0n) is 8.73. The number of methoxy groups -OCH3 is 1. The topological polar surface area (TPSA) is 69.4 Å². The number of nitro benzene ring substituents is 1. The van der Waals surface area contributed by atoms with Crippen LogP contribution in [0, 0.1) is 17.0 Å². The average Bonchev–Trinajstić information content (AvgIpc) is 2.16. The minimum absolute atomic E-state index is 0.178. The molecule has 1 aromatic carbocycles. The fourth-order valence-corrected chi connectivity index (χ4v) is 1.36. The van der Waals surface area contributed by atoms with Gasteiger partial charge in [0.05, 0.1) is 12.0 Å². The van der Waals surface area contributed by atoms with Crippen molar-refractivity contribution in [2.45, 2.75) is 13.8 Å². The predicted molar refractivity (Wildman–Crippen MR) is 54.4 cm³/mol. The number of hydrogen-bond donors (Lipinski definition) is 0. The first-order valence-corrected chi connectivity index (χ1v) is 4.31. The maximum absolute atomic E-state index is 11.1. The van der Waals surface area contributed by atoms with Crippen LogP contribution in [0.4, 0.5) is 5.69 Å². The average molecular weight is 209 g/mol. The molecule has 0 heterocycles. The summed E-state index contributed by atoms with van der Waals surface area (Å²) >= 11 is 0. The molecule has 0 amide bonds. The van der Waals surface area contributed by atoms with E-state index in [2.05, 4.69) is 0 Å². The van der Waals surface area contributed by atoms with E-state index in [1.165, 1.54) is 20.1 Å². The van der Waals surface area contributed by atoms with Crippen molar-refractivity contribution in [1.82, 2.24) is 0 Å². The number of Topliss-reactive ketones (excluding diaryl/α,β-unsaturated/α-hetero) is 1. The van der Waals surface area contributed by atoms with Crippen molar-refractivity contribution in [1.29, 1.82) is 0 Å². The number of ketones is 1. The number of hydrogen-bond acceptors (Lipinski definition) is 4. The fourth-order valence-electron chi connectivity index (χ4n) is 1.36. The summed E-state index contributed by atoms with van der Waals surface area (Å²) < 4.78 is 4.92. The largest absolute Gasteiger partial charge is 0.490 e. The Kier molecular flexibility index (Phi) is 3.04. The SMILES string of the molecule is COc1c(C)cc(C(C)=O)cc1[N+](=O)[O-]. The van der Waals surface area contributed by atoms with Crippen LogP contribution in [0.15, 0.2) is 12.1 Å². The molecule has 0 radical (unpaired) electrons. The first-order valence-electron chi connectivity index (χ1n) is 4.31. The summed E-state index contributed by atoms with van der Waals surface area (Å²) in [4.78, 5) is 21.3. The standard InChI is InChI=1S/C10H11NO4/c1-6-4-8(7(2)12)5-9(11(13)14)10(6)15-3/h4-5H,1-3H3. The number of nitro groups is 1. The summed E-state index contributed by atoms with van der Waals surface area (Å²) in [5, 5.41) is 10.7. The van der Waals surface area contributed by atoms with Crippen LogP contribution in [-0.4, -0.2) is 17.8 Å². The quantitative estimate of drug-likeness (QED) is 0.434. The molecule has 1 rings (SSSR count). The maximum atomic E-state index is 11.1. The minimum Gasteiger partial charge on any atom is -0.490 e. The van der Waals surface area contributed by atoms with Gasteiger partial charge in [0.1, 0.15) is 0 Å². The molecule has 0 aromatic heterocycles. The van der Waals surface area contributed by atoms with E-state index in [0.29, 0.717) is 11.1 Å². The Morgan fingerprint density at radius 1 is 1.47 bits per heavy atom. The van der Waals surface area contributed by atoms with Crippen LogP contribution < -0.4 is 4.74 Å². The Hall–Kier alpha value is -1.91. The summed E-state index contributed by atoms with van der Waals surface area (Å²) in [5.74, 6) is -0.00569. The molecule has 80 valence electrons. The molecular formula is C10H11NO4. The second-order valence-electron chi connectivity index (χ2n) is 3.16. The van der Waals surface area contributed by atoms with Gasteiger partial charge in [0.25, 0.3) is 0 Å². The van der Waals surface area contributed by atoms with Crippen LogP contribution >= 0.6 is 0 Å². The molecule has 1 aromatic rings. The van der Waals surface area contributed by atoms with Crippen LogP contribution in [0.3, 0.4) is 0 Å². The van der Waals surface area contributed by atoms with E-state index in [0.717, 1.165) is 0 Å². The zero-order chi connectivity index (χ0) is 11.6. The van der Waals surface area contributed by atoms with Gasteiger partial charge < -0.3 is 4.74 Å². The fraction of sp³-hybridized carbons (Fsp3) is 0.300. The molecule has 5 nitrogen and oxygen atoms in total. The van der Waals surface area contributed by atoms with Gasteiger partial charge in [-0.2, -0.15) is 0 Å². The molecule has 0 saturated heterocycles. The molecule has 0 atom stereocenters.